The summed E-state index contributed by atoms with van der Waals surface area (Å²) in [4.78, 5) is 35.1. The Balaban J connectivity index is 0.000000157. The summed E-state index contributed by atoms with van der Waals surface area (Å²) >= 11 is 0. The number of benzene rings is 2. The van der Waals surface area contributed by atoms with E-state index >= 15 is 0 Å². The zero-order valence-electron chi connectivity index (χ0n) is 27.9. The molecule has 4 aromatic heterocycles. The summed E-state index contributed by atoms with van der Waals surface area (Å²) < 4.78 is 3.43. The third-order valence-corrected chi connectivity index (χ3v) is 8.85. The first-order chi connectivity index (χ1) is 24.0. The van der Waals surface area contributed by atoms with Crippen LogP contribution in [0.1, 0.15) is 37.2 Å². The van der Waals surface area contributed by atoms with E-state index in [0.717, 1.165) is 44.2 Å². The molecule has 0 fully saturated rings. The molecule has 50 heavy (non-hydrogen) atoms. The molecule has 8 aromatic rings. The van der Waals surface area contributed by atoms with Crippen LogP contribution < -0.4 is 10.9 Å². The topological polar surface area (TPSA) is 136 Å². The Hall–Kier alpha value is -6.10. The van der Waals surface area contributed by atoms with Crippen molar-refractivity contribution < 1.29 is 10.2 Å². The monoisotopic (exact) mass is 662 g/mol. The van der Waals surface area contributed by atoms with Crippen molar-refractivity contribution in [3.8, 4) is 22.3 Å². The molecule has 0 radical (unpaired) electrons. The lowest BCUT2D eigenvalue weighted by Gasteiger charge is -2.04. The number of hydrogen-bond donors (Lipinski definition) is 2. The van der Waals surface area contributed by atoms with Gasteiger partial charge < -0.3 is 10.2 Å². The standard InChI is InChI=1S/2C20H17N3O2/c2*1-12(24)14-4-3-13-5-6-19-18(20(25)17(13)7-14)8-15(9-21-19)16-10-22-23(2)11-16/h2*3-12,24H,1-2H3/t2*12-/m10/s1. The van der Waals surface area contributed by atoms with E-state index in [1.165, 1.54) is 0 Å². The van der Waals surface area contributed by atoms with E-state index in [0.29, 0.717) is 32.6 Å². The predicted molar refractivity (Wildman–Crippen MR) is 197 cm³/mol. The molecule has 0 aliphatic rings. The van der Waals surface area contributed by atoms with Crippen molar-refractivity contribution in [3.05, 3.63) is 142 Å². The molecule has 0 amide bonds. The van der Waals surface area contributed by atoms with Gasteiger partial charge in [-0.15, -0.1) is 0 Å². The minimum Gasteiger partial charge on any atom is -0.389 e. The maximum absolute atomic E-state index is 13.1. The summed E-state index contributed by atoms with van der Waals surface area (Å²) in [6.45, 7) is 3.38. The Labute approximate surface area is 286 Å². The molecule has 10 nitrogen and oxygen atoms in total. The summed E-state index contributed by atoms with van der Waals surface area (Å²) in [5.41, 5.74) is 6.09. The van der Waals surface area contributed by atoms with Gasteiger partial charge in [0.05, 0.1) is 35.6 Å². The average molecular weight is 663 g/mol. The minimum atomic E-state index is -0.621. The lowest BCUT2D eigenvalue weighted by molar-refractivity contribution is 0.199. The molecule has 10 heteroatoms. The van der Waals surface area contributed by atoms with E-state index in [1.807, 2.05) is 87.2 Å². The van der Waals surface area contributed by atoms with Crippen molar-refractivity contribution in [3.63, 3.8) is 0 Å². The first-order valence-electron chi connectivity index (χ1n) is 16.1. The van der Waals surface area contributed by atoms with Crippen LogP contribution in [0, 0.1) is 0 Å². The second-order valence-electron chi connectivity index (χ2n) is 12.5. The first kappa shape index (κ1) is 32.4. The van der Waals surface area contributed by atoms with Gasteiger partial charge in [0, 0.05) is 82.7 Å². The Kier molecular flexibility index (Phi) is 8.48. The minimum absolute atomic E-state index is 0.0873. The van der Waals surface area contributed by atoms with Gasteiger partial charge in [0.2, 0.25) is 0 Å². The third kappa shape index (κ3) is 6.25. The van der Waals surface area contributed by atoms with E-state index in [-0.39, 0.29) is 10.9 Å². The van der Waals surface area contributed by atoms with Crippen molar-refractivity contribution >= 4 is 43.4 Å². The molecular weight excluding hydrogens is 628 g/mol. The number of nitrogens with zero attached hydrogens (tertiary/aromatic N) is 6. The third-order valence-electron chi connectivity index (χ3n) is 8.85. The zero-order chi connectivity index (χ0) is 35.1. The van der Waals surface area contributed by atoms with Gasteiger partial charge in [-0.05, 0) is 72.1 Å². The van der Waals surface area contributed by atoms with Crippen LogP contribution in [-0.2, 0) is 14.1 Å². The fourth-order valence-corrected chi connectivity index (χ4v) is 6.02. The molecular formula is C40H34N6O4. The fourth-order valence-electron chi connectivity index (χ4n) is 6.02. The highest BCUT2D eigenvalue weighted by molar-refractivity contribution is 5.94. The molecule has 0 bridgehead atoms. The molecule has 0 saturated carbocycles. The SMILES string of the molecule is C[C@@H](O)c1ccc2ccc3ncc(-c4cnn(C)c4)cc3c(=O)c2c1.C[C@H](O)c1ccc2ccc3ncc(-c4cnn(C)c4)cc3c(=O)c2c1. The quantitative estimate of drug-likeness (QED) is 0.221. The van der Waals surface area contributed by atoms with E-state index in [2.05, 4.69) is 20.2 Å². The lowest BCUT2D eigenvalue weighted by Crippen LogP contribution is -2.01. The van der Waals surface area contributed by atoms with Crippen LogP contribution in [0.25, 0.3) is 65.6 Å². The van der Waals surface area contributed by atoms with Crippen molar-refractivity contribution in [1.29, 1.82) is 0 Å². The van der Waals surface area contributed by atoms with Gasteiger partial charge in [-0.1, -0.05) is 36.4 Å². The Morgan fingerprint density at radius 1 is 0.520 bits per heavy atom. The van der Waals surface area contributed by atoms with Crippen LogP contribution in [0.5, 0.6) is 0 Å². The number of aliphatic hydroxyl groups excluding tert-OH is 2. The van der Waals surface area contributed by atoms with Crippen LogP contribution >= 0.6 is 0 Å². The molecule has 0 spiro atoms. The molecule has 0 saturated heterocycles. The number of hydrogen-bond acceptors (Lipinski definition) is 8. The molecule has 2 atom stereocenters. The second-order valence-corrected chi connectivity index (χ2v) is 12.5. The number of pyridine rings is 2. The van der Waals surface area contributed by atoms with Crippen LogP contribution in [0.3, 0.4) is 0 Å². The maximum atomic E-state index is 13.1. The molecule has 0 unspecified atom stereocenters. The average Bonchev–Trinajstić information content (AvgIpc) is 3.70. The van der Waals surface area contributed by atoms with Gasteiger partial charge in [-0.25, -0.2) is 0 Å². The molecule has 0 aliphatic heterocycles. The largest absolute Gasteiger partial charge is 0.389 e. The maximum Gasteiger partial charge on any atom is 0.195 e. The Bertz CT molecular complexity index is 2510. The van der Waals surface area contributed by atoms with E-state index in [1.54, 1.807) is 60.1 Å². The fraction of sp³-hybridized carbons (Fsp3) is 0.150. The summed E-state index contributed by atoms with van der Waals surface area (Å²) in [7, 11) is 3.70. The summed E-state index contributed by atoms with van der Waals surface area (Å²) in [6, 6.07) is 22.1. The summed E-state index contributed by atoms with van der Waals surface area (Å²) in [5, 5.41) is 31.9. The second kappa shape index (κ2) is 13.1. The lowest BCUT2D eigenvalue weighted by atomic mass is 10.0. The molecule has 4 heterocycles. The van der Waals surface area contributed by atoms with E-state index in [4.69, 9.17) is 0 Å². The number of aryl methyl sites for hydroxylation is 2. The van der Waals surface area contributed by atoms with E-state index in [9.17, 15) is 19.8 Å². The summed E-state index contributed by atoms with van der Waals surface area (Å²) in [5.74, 6) is 0. The van der Waals surface area contributed by atoms with Crippen LogP contribution in [0.15, 0.2) is 120 Å². The number of aromatic nitrogens is 6. The normalized spacial score (nSPS) is 12.6. The van der Waals surface area contributed by atoms with Gasteiger partial charge >= 0.3 is 0 Å². The molecule has 0 aliphatic carbocycles. The Morgan fingerprint density at radius 2 is 0.920 bits per heavy atom. The van der Waals surface area contributed by atoms with Gasteiger partial charge in [0.15, 0.2) is 10.9 Å². The van der Waals surface area contributed by atoms with Crippen molar-refractivity contribution in [2.75, 3.05) is 0 Å². The van der Waals surface area contributed by atoms with Crippen molar-refractivity contribution in [1.82, 2.24) is 29.5 Å². The van der Waals surface area contributed by atoms with Gasteiger partial charge in [0.25, 0.3) is 0 Å². The van der Waals surface area contributed by atoms with Crippen molar-refractivity contribution in [2.45, 2.75) is 26.1 Å². The van der Waals surface area contributed by atoms with Gasteiger partial charge in [-0.3, -0.25) is 28.9 Å². The summed E-state index contributed by atoms with van der Waals surface area (Å²) in [6.07, 6.45) is 9.55. The van der Waals surface area contributed by atoms with Crippen LogP contribution in [-0.4, -0.2) is 39.7 Å². The van der Waals surface area contributed by atoms with Crippen LogP contribution in [0.2, 0.25) is 0 Å². The number of rotatable bonds is 4. The Morgan fingerprint density at radius 3 is 1.28 bits per heavy atom. The molecule has 2 N–H and O–H groups in total. The van der Waals surface area contributed by atoms with Gasteiger partial charge in [0.1, 0.15) is 0 Å². The predicted octanol–water partition coefficient (Wildman–Crippen LogP) is 6.40. The molecule has 8 rings (SSSR count). The highest BCUT2D eigenvalue weighted by atomic mass is 16.3. The zero-order valence-corrected chi connectivity index (χ0v) is 27.9. The number of aliphatic hydroxyl groups is 2. The molecule has 4 aromatic carbocycles. The number of fused-ring (bicyclic) bond motifs is 4. The molecule has 248 valence electrons. The van der Waals surface area contributed by atoms with Gasteiger partial charge in [-0.2, -0.15) is 10.2 Å². The van der Waals surface area contributed by atoms with E-state index < -0.39 is 12.2 Å². The first-order valence-corrected chi connectivity index (χ1v) is 16.1. The van der Waals surface area contributed by atoms with Crippen LogP contribution in [0.4, 0.5) is 0 Å². The van der Waals surface area contributed by atoms with Crippen molar-refractivity contribution in [2.24, 2.45) is 14.1 Å². The smallest absolute Gasteiger partial charge is 0.195 e. The highest BCUT2D eigenvalue weighted by Crippen LogP contribution is 2.25. The highest BCUT2D eigenvalue weighted by Gasteiger charge is 2.11.